The third-order valence-electron chi connectivity index (χ3n) is 5.45. The molecule has 2 fully saturated rings. The molecule has 0 radical (unpaired) electrons. The van der Waals surface area contributed by atoms with Crippen LogP contribution >= 0.6 is 0 Å². The Morgan fingerprint density at radius 2 is 2.00 bits per heavy atom. The van der Waals surface area contributed by atoms with Gasteiger partial charge in [-0.05, 0) is 45.4 Å². The number of hydrogen-bond donors (Lipinski definition) is 1. The fraction of sp³-hybridized carbons (Fsp3) is 0.778. The van der Waals surface area contributed by atoms with Gasteiger partial charge in [0, 0.05) is 37.6 Å². The van der Waals surface area contributed by atoms with Gasteiger partial charge >= 0.3 is 6.03 Å². The lowest BCUT2D eigenvalue weighted by molar-refractivity contribution is 0.139. The standard InChI is InChI=1S/C18H30N4O/c1-15-19-11-14-21(15)13-10-17-9-5-6-12-22(17)18(23)20-16-7-3-2-4-8-16/h11,14,16-17H,2-10,12-13H2,1H3,(H,20,23)/t17-/m1/s1. The summed E-state index contributed by atoms with van der Waals surface area (Å²) in [5, 5.41) is 3.29. The first-order valence-corrected chi connectivity index (χ1v) is 9.29. The van der Waals surface area contributed by atoms with E-state index < -0.39 is 0 Å². The van der Waals surface area contributed by atoms with Crippen LogP contribution in [0.1, 0.15) is 63.6 Å². The van der Waals surface area contributed by atoms with Gasteiger partial charge in [-0.2, -0.15) is 0 Å². The summed E-state index contributed by atoms with van der Waals surface area (Å²) in [6.45, 7) is 3.89. The van der Waals surface area contributed by atoms with Crippen LogP contribution in [0.5, 0.6) is 0 Å². The largest absolute Gasteiger partial charge is 0.335 e. The Balaban J connectivity index is 1.54. The number of piperidine rings is 1. The zero-order valence-electron chi connectivity index (χ0n) is 14.3. The van der Waals surface area contributed by atoms with Crippen LogP contribution in [0.2, 0.25) is 0 Å². The molecule has 23 heavy (non-hydrogen) atoms. The van der Waals surface area contributed by atoms with Crippen molar-refractivity contribution >= 4 is 6.03 Å². The van der Waals surface area contributed by atoms with Crippen LogP contribution in [-0.2, 0) is 6.54 Å². The first-order chi connectivity index (χ1) is 11.2. The highest BCUT2D eigenvalue weighted by Crippen LogP contribution is 2.22. The van der Waals surface area contributed by atoms with E-state index in [4.69, 9.17) is 0 Å². The maximum atomic E-state index is 12.7. The molecule has 1 N–H and O–H groups in total. The SMILES string of the molecule is Cc1nccn1CC[C@H]1CCCCN1C(=O)NC1CCCCC1. The van der Waals surface area contributed by atoms with Gasteiger partial charge in [-0.3, -0.25) is 0 Å². The van der Waals surface area contributed by atoms with Crippen molar-refractivity contribution in [2.24, 2.45) is 0 Å². The molecule has 1 aliphatic heterocycles. The van der Waals surface area contributed by atoms with Gasteiger partial charge in [-0.15, -0.1) is 0 Å². The van der Waals surface area contributed by atoms with Crippen LogP contribution in [0.25, 0.3) is 0 Å². The van der Waals surface area contributed by atoms with Crippen LogP contribution in [0.3, 0.4) is 0 Å². The number of amides is 2. The highest BCUT2D eigenvalue weighted by atomic mass is 16.2. The van der Waals surface area contributed by atoms with E-state index in [-0.39, 0.29) is 6.03 Å². The number of hydrogen-bond acceptors (Lipinski definition) is 2. The first kappa shape index (κ1) is 16.3. The Labute approximate surface area is 139 Å². The molecule has 2 heterocycles. The number of likely N-dealkylation sites (tertiary alicyclic amines) is 1. The molecule has 1 atom stereocenters. The second-order valence-electron chi connectivity index (χ2n) is 7.08. The van der Waals surface area contributed by atoms with E-state index in [0.29, 0.717) is 12.1 Å². The quantitative estimate of drug-likeness (QED) is 0.924. The zero-order valence-corrected chi connectivity index (χ0v) is 14.3. The minimum absolute atomic E-state index is 0.170. The molecule has 1 aromatic rings. The summed E-state index contributed by atoms with van der Waals surface area (Å²) in [5.74, 6) is 1.05. The Morgan fingerprint density at radius 3 is 2.74 bits per heavy atom. The second-order valence-corrected chi connectivity index (χ2v) is 7.08. The molecule has 0 bridgehead atoms. The molecule has 5 nitrogen and oxygen atoms in total. The predicted molar refractivity (Wildman–Crippen MR) is 91.3 cm³/mol. The number of aryl methyl sites for hydroxylation is 2. The highest BCUT2D eigenvalue weighted by molar-refractivity contribution is 5.75. The van der Waals surface area contributed by atoms with Gasteiger partial charge < -0.3 is 14.8 Å². The van der Waals surface area contributed by atoms with Gasteiger partial charge in [0.25, 0.3) is 0 Å². The number of carbonyl (C=O) groups is 1. The van der Waals surface area contributed by atoms with Gasteiger partial charge in [0.15, 0.2) is 0 Å². The van der Waals surface area contributed by atoms with E-state index in [9.17, 15) is 4.79 Å². The molecule has 1 aromatic heterocycles. The van der Waals surface area contributed by atoms with Crippen molar-refractivity contribution in [3.63, 3.8) is 0 Å². The minimum atomic E-state index is 0.170. The van der Waals surface area contributed by atoms with E-state index in [2.05, 4.69) is 19.8 Å². The summed E-state index contributed by atoms with van der Waals surface area (Å²) >= 11 is 0. The number of nitrogens with one attached hydrogen (secondary N) is 1. The molecule has 2 aliphatic rings. The van der Waals surface area contributed by atoms with Crippen LogP contribution in [0.15, 0.2) is 12.4 Å². The molecule has 1 saturated carbocycles. The van der Waals surface area contributed by atoms with Gasteiger partial charge in [0.05, 0.1) is 0 Å². The fourth-order valence-electron chi connectivity index (χ4n) is 4.00. The van der Waals surface area contributed by atoms with Crippen molar-refractivity contribution in [2.75, 3.05) is 6.54 Å². The second kappa shape index (κ2) is 7.84. The Kier molecular flexibility index (Phi) is 5.57. The highest BCUT2D eigenvalue weighted by Gasteiger charge is 2.28. The van der Waals surface area contributed by atoms with Crippen LogP contribution in [0.4, 0.5) is 4.79 Å². The topological polar surface area (TPSA) is 50.2 Å². The molecule has 0 spiro atoms. The summed E-state index contributed by atoms with van der Waals surface area (Å²) in [5.41, 5.74) is 0. The van der Waals surface area contributed by atoms with Crippen molar-refractivity contribution in [3.05, 3.63) is 18.2 Å². The average Bonchev–Trinajstić information content (AvgIpc) is 2.99. The summed E-state index contributed by atoms with van der Waals surface area (Å²) in [6.07, 6.45) is 14.6. The van der Waals surface area contributed by atoms with Crippen molar-refractivity contribution in [1.29, 1.82) is 0 Å². The zero-order chi connectivity index (χ0) is 16.1. The third kappa shape index (κ3) is 4.27. The molecular formula is C18H30N4O. The predicted octanol–water partition coefficient (Wildman–Crippen LogP) is 3.48. The smallest absolute Gasteiger partial charge is 0.317 e. The maximum absolute atomic E-state index is 12.7. The van der Waals surface area contributed by atoms with E-state index >= 15 is 0 Å². The van der Waals surface area contributed by atoms with E-state index in [1.807, 2.05) is 19.3 Å². The Morgan fingerprint density at radius 1 is 1.22 bits per heavy atom. The first-order valence-electron chi connectivity index (χ1n) is 9.29. The third-order valence-corrected chi connectivity index (χ3v) is 5.45. The number of nitrogens with zero attached hydrogens (tertiary/aromatic N) is 3. The lowest BCUT2D eigenvalue weighted by Crippen LogP contribution is -2.51. The van der Waals surface area contributed by atoms with Crippen molar-refractivity contribution in [1.82, 2.24) is 19.8 Å². The Bertz CT molecular complexity index is 507. The molecule has 2 amide bonds. The average molecular weight is 318 g/mol. The lowest BCUT2D eigenvalue weighted by Gasteiger charge is -2.37. The van der Waals surface area contributed by atoms with Gasteiger partial charge in [0.2, 0.25) is 0 Å². The summed E-state index contributed by atoms with van der Waals surface area (Å²) in [6, 6.07) is 0.938. The molecule has 3 rings (SSSR count). The fourth-order valence-corrected chi connectivity index (χ4v) is 4.00. The molecular weight excluding hydrogens is 288 g/mol. The number of carbonyl (C=O) groups excluding carboxylic acids is 1. The molecule has 0 unspecified atom stereocenters. The summed E-state index contributed by atoms with van der Waals surface area (Å²) < 4.78 is 2.19. The van der Waals surface area contributed by atoms with E-state index in [0.717, 1.165) is 51.0 Å². The monoisotopic (exact) mass is 318 g/mol. The van der Waals surface area contributed by atoms with Gasteiger partial charge in [-0.1, -0.05) is 19.3 Å². The maximum Gasteiger partial charge on any atom is 0.317 e. The summed E-state index contributed by atoms with van der Waals surface area (Å²) in [4.78, 5) is 19.1. The van der Waals surface area contributed by atoms with Crippen LogP contribution in [-0.4, -0.2) is 39.1 Å². The van der Waals surface area contributed by atoms with Crippen LogP contribution in [0, 0.1) is 6.92 Å². The Hall–Kier alpha value is -1.52. The number of urea groups is 1. The van der Waals surface area contributed by atoms with Gasteiger partial charge in [-0.25, -0.2) is 9.78 Å². The summed E-state index contributed by atoms with van der Waals surface area (Å²) in [7, 11) is 0. The van der Waals surface area contributed by atoms with Crippen molar-refractivity contribution < 1.29 is 4.79 Å². The van der Waals surface area contributed by atoms with Gasteiger partial charge in [0.1, 0.15) is 5.82 Å². The molecule has 1 saturated heterocycles. The molecule has 0 aromatic carbocycles. The van der Waals surface area contributed by atoms with E-state index in [1.165, 1.54) is 25.7 Å². The normalized spacial score (nSPS) is 23.0. The number of imidazole rings is 1. The van der Waals surface area contributed by atoms with Crippen molar-refractivity contribution in [3.8, 4) is 0 Å². The molecule has 1 aliphatic carbocycles. The van der Waals surface area contributed by atoms with E-state index in [1.54, 1.807) is 0 Å². The number of aromatic nitrogens is 2. The lowest BCUT2D eigenvalue weighted by atomic mass is 9.95. The molecule has 128 valence electrons. The van der Waals surface area contributed by atoms with Crippen molar-refractivity contribution in [2.45, 2.75) is 83.3 Å². The number of rotatable bonds is 4. The molecule has 5 heteroatoms. The van der Waals surface area contributed by atoms with Crippen LogP contribution < -0.4 is 5.32 Å². The minimum Gasteiger partial charge on any atom is -0.335 e.